The maximum atomic E-state index is 15.1. The van der Waals surface area contributed by atoms with Crippen molar-refractivity contribution in [2.45, 2.75) is 110 Å². The van der Waals surface area contributed by atoms with E-state index >= 15 is 4.39 Å². The average Bonchev–Trinajstić information content (AvgIpc) is 2.95. The van der Waals surface area contributed by atoms with E-state index in [0.717, 1.165) is 47.9 Å². The molecule has 5 heteroatoms. The van der Waals surface area contributed by atoms with Gasteiger partial charge in [0, 0.05) is 18.0 Å². The average molecular weight is 533 g/mol. The summed E-state index contributed by atoms with van der Waals surface area (Å²) in [6.07, 6.45) is 17.5. The number of halogens is 1. The number of nitrogens with zero attached hydrogens (tertiary/aromatic N) is 2. The predicted molar refractivity (Wildman–Crippen MR) is 159 cm³/mol. The quantitative estimate of drug-likeness (QED) is 0.0986. The van der Waals surface area contributed by atoms with Gasteiger partial charge in [-0.2, -0.15) is 0 Å². The smallest absolute Gasteiger partial charge is 0.348 e. The summed E-state index contributed by atoms with van der Waals surface area (Å²) in [7, 11) is 0. The van der Waals surface area contributed by atoms with Crippen molar-refractivity contribution in [1.29, 1.82) is 0 Å². The minimum atomic E-state index is -1.99. The molecule has 1 heterocycles. The van der Waals surface area contributed by atoms with Crippen LogP contribution in [0.5, 0.6) is 5.75 Å². The largest absolute Gasteiger partial charge is 0.424 e. The summed E-state index contributed by atoms with van der Waals surface area (Å²) in [6.45, 7) is 5.74. The normalized spacial score (nSPS) is 12.7. The lowest BCUT2D eigenvalue weighted by molar-refractivity contribution is -0.147. The molecular weight excluding hydrogens is 487 g/mol. The Kier molecular flexibility index (Phi) is 12.6. The molecule has 3 rings (SSSR count). The first kappa shape index (κ1) is 30.5. The van der Waals surface area contributed by atoms with E-state index in [-0.39, 0.29) is 6.42 Å². The number of aromatic nitrogens is 2. The maximum Gasteiger partial charge on any atom is 0.348 e. The van der Waals surface area contributed by atoms with Gasteiger partial charge < -0.3 is 4.74 Å². The number of unbranched alkanes of at least 4 members (excludes halogenated alkanes) is 9. The van der Waals surface area contributed by atoms with Crippen LogP contribution in [0.4, 0.5) is 4.39 Å². The monoisotopic (exact) mass is 532 g/mol. The van der Waals surface area contributed by atoms with Crippen molar-refractivity contribution in [2.75, 3.05) is 0 Å². The van der Waals surface area contributed by atoms with Gasteiger partial charge in [-0.25, -0.2) is 19.2 Å². The lowest BCUT2D eigenvalue weighted by atomic mass is 9.98. The van der Waals surface area contributed by atoms with Crippen molar-refractivity contribution in [1.82, 2.24) is 9.97 Å². The van der Waals surface area contributed by atoms with Crippen LogP contribution in [0.15, 0.2) is 60.9 Å². The summed E-state index contributed by atoms with van der Waals surface area (Å²) >= 11 is 0. The van der Waals surface area contributed by atoms with Crippen molar-refractivity contribution >= 4 is 5.97 Å². The molecule has 0 fully saturated rings. The molecule has 39 heavy (non-hydrogen) atoms. The Morgan fingerprint density at radius 2 is 1.33 bits per heavy atom. The molecule has 3 aromatic rings. The molecule has 1 aromatic heterocycles. The molecule has 0 aliphatic rings. The number of benzene rings is 2. The predicted octanol–water partition coefficient (Wildman–Crippen LogP) is 9.71. The van der Waals surface area contributed by atoms with E-state index in [1.54, 1.807) is 12.1 Å². The molecule has 1 unspecified atom stereocenters. The Bertz CT molecular complexity index is 1130. The van der Waals surface area contributed by atoms with Gasteiger partial charge in [-0.1, -0.05) is 108 Å². The Balaban J connectivity index is 1.56. The van der Waals surface area contributed by atoms with Crippen molar-refractivity contribution in [3.05, 3.63) is 66.5 Å². The molecule has 0 amide bonds. The number of carbonyl (C=O) groups is 1. The third kappa shape index (κ3) is 9.87. The van der Waals surface area contributed by atoms with Gasteiger partial charge in [0.15, 0.2) is 5.82 Å². The van der Waals surface area contributed by atoms with Crippen molar-refractivity contribution < 1.29 is 13.9 Å². The lowest BCUT2D eigenvalue weighted by Crippen LogP contribution is -2.34. The molecule has 0 N–H and O–H groups in total. The zero-order chi connectivity index (χ0) is 27.9. The third-order valence-electron chi connectivity index (χ3n) is 7.24. The Labute approximate surface area is 234 Å². The number of ether oxygens (including phenoxy) is 1. The molecule has 0 radical (unpaired) electrons. The van der Waals surface area contributed by atoms with E-state index < -0.39 is 11.6 Å². The molecule has 0 aliphatic heterocycles. The molecule has 0 saturated carbocycles. The Morgan fingerprint density at radius 1 is 0.769 bits per heavy atom. The Hall–Kier alpha value is -3.08. The number of alkyl halides is 1. The molecule has 0 saturated heterocycles. The highest BCUT2D eigenvalue weighted by atomic mass is 19.1. The summed E-state index contributed by atoms with van der Waals surface area (Å²) < 4.78 is 20.5. The topological polar surface area (TPSA) is 52.1 Å². The zero-order valence-corrected chi connectivity index (χ0v) is 24.1. The molecule has 0 aliphatic carbocycles. The summed E-state index contributed by atoms with van der Waals surface area (Å²) in [6, 6.07) is 15.2. The van der Waals surface area contributed by atoms with Crippen molar-refractivity contribution in [2.24, 2.45) is 0 Å². The minimum absolute atomic E-state index is 0.184. The molecule has 1 atom stereocenters. The van der Waals surface area contributed by atoms with E-state index in [2.05, 4.69) is 23.8 Å². The van der Waals surface area contributed by atoms with Crippen LogP contribution in [-0.2, 0) is 11.2 Å². The molecule has 2 aromatic carbocycles. The number of rotatable bonds is 17. The van der Waals surface area contributed by atoms with Gasteiger partial charge in [0.25, 0.3) is 0 Å². The number of aryl methyl sites for hydroxylation is 1. The number of hydrogen-bond acceptors (Lipinski definition) is 4. The number of carbonyl (C=O) groups excluding carboxylic acids is 1. The first-order valence-corrected chi connectivity index (χ1v) is 14.9. The molecule has 0 bridgehead atoms. The zero-order valence-electron chi connectivity index (χ0n) is 24.1. The van der Waals surface area contributed by atoms with Gasteiger partial charge >= 0.3 is 5.97 Å². The van der Waals surface area contributed by atoms with Gasteiger partial charge in [0.1, 0.15) is 5.75 Å². The lowest BCUT2D eigenvalue weighted by Gasteiger charge is -2.18. The van der Waals surface area contributed by atoms with Gasteiger partial charge in [-0.15, -0.1) is 0 Å². The van der Waals surface area contributed by atoms with Crippen LogP contribution in [0.3, 0.4) is 0 Å². The van der Waals surface area contributed by atoms with E-state index in [4.69, 9.17) is 4.74 Å². The van der Waals surface area contributed by atoms with Gasteiger partial charge in [0.2, 0.25) is 5.67 Å². The molecule has 4 nitrogen and oxygen atoms in total. The molecule has 210 valence electrons. The molecule has 0 spiro atoms. The molecular formula is C34H45FN2O2. The first-order valence-electron chi connectivity index (χ1n) is 14.9. The summed E-state index contributed by atoms with van der Waals surface area (Å²) in [5.41, 5.74) is 2.03. The van der Waals surface area contributed by atoms with Gasteiger partial charge in [0.05, 0.1) is 0 Å². The Morgan fingerprint density at radius 3 is 1.97 bits per heavy atom. The van der Waals surface area contributed by atoms with Gasteiger partial charge in [-0.05, 0) is 61.4 Å². The summed E-state index contributed by atoms with van der Waals surface area (Å²) in [5.74, 6) is 0.189. The number of hydrogen-bond donors (Lipinski definition) is 0. The summed E-state index contributed by atoms with van der Waals surface area (Å²) in [5, 5.41) is 0. The van der Waals surface area contributed by atoms with E-state index in [0.29, 0.717) is 18.0 Å². The van der Waals surface area contributed by atoms with Crippen LogP contribution in [0.2, 0.25) is 0 Å². The fraction of sp³-hybridized carbons (Fsp3) is 0.500. The minimum Gasteiger partial charge on any atom is -0.424 e. The second-order valence-electron chi connectivity index (χ2n) is 10.8. The third-order valence-corrected chi connectivity index (χ3v) is 7.24. The summed E-state index contributed by atoms with van der Waals surface area (Å²) in [4.78, 5) is 21.8. The van der Waals surface area contributed by atoms with Crippen LogP contribution in [-0.4, -0.2) is 21.6 Å². The first-order chi connectivity index (χ1) is 18.9. The highest BCUT2D eigenvalue weighted by Crippen LogP contribution is 2.32. The fourth-order valence-corrected chi connectivity index (χ4v) is 4.74. The van der Waals surface area contributed by atoms with Crippen LogP contribution >= 0.6 is 0 Å². The van der Waals surface area contributed by atoms with Crippen molar-refractivity contribution in [3.63, 3.8) is 0 Å². The SMILES string of the molecule is CCCCCCCCCCC(C)(F)C(=O)Oc1ccc(-c2ccccc2-c2ncc(CCCCC)cn2)cc1. The maximum absolute atomic E-state index is 15.1. The number of esters is 1. The van der Waals surface area contributed by atoms with Gasteiger partial charge in [-0.3, -0.25) is 0 Å². The van der Waals surface area contributed by atoms with E-state index in [1.165, 1.54) is 51.9 Å². The van der Waals surface area contributed by atoms with Crippen LogP contribution < -0.4 is 4.74 Å². The second kappa shape index (κ2) is 16.1. The van der Waals surface area contributed by atoms with E-state index in [9.17, 15) is 4.79 Å². The van der Waals surface area contributed by atoms with E-state index in [1.807, 2.05) is 48.8 Å². The second-order valence-corrected chi connectivity index (χ2v) is 10.8. The standard InChI is InChI=1S/C34H45FN2O2/c1-4-6-8-9-10-11-12-16-24-34(3,35)33(38)39-29-22-20-28(21-23-29)30-18-14-15-19-31(30)32-36-25-27(26-37-32)17-13-7-5-2/h14-15,18-23,25-26H,4-13,16-17,24H2,1-3H3. The highest BCUT2D eigenvalue weighted by Gasteiger charge is 2.34. The van der Waals surface area contributed by atoms with Crippen LogP contribution in [0.1, 0.15) is 103 Å². The highest BCUT2D eigenvalue weighted by molar-refractivity contribution is 5.82. The van der Waals surface area contributed by atoms with Crippen molar-refractivity contribution in [3.8, 4) is 28.3 Å². The van der Waals surface area contributed by atoms with Crippen LogP contribution in [0, 0.1) is 0 Å². The van der Waals surface area contributed by atoms with Crippen LogP contribution in [0.25, 0.3) is 22.5 Å². The fourth-order valence-electron chi connectivity index (χ4n) is 4.74.